The van der Waals surface area contributed by atoms with Gasteiger partial charge >= 0.3 is 0 Å². The van der Waals surface area contributed by atoms with Gasteiger partial charge in [-0.25, -0.2) is 4.98 Å². The smallest absolute Gasteiger partial charge is 0.217 e. The average Bonchev–Trinajstić information content (AvgIpc) is 2.99. The Labute approximate surface area is 267 Å². The maximum atomic E-state index is 13.2. The van der Waals surface area contributed by atoms with Crippen molar-refractivity contribution in [1.29, 1.82) is 0 Å². The van der Waals surface area contributed by atoms with Crippen LogP contribution in [-0.4, -0.2) is 79.6 Å². The molecule has 0 unspecified atom stereocenters. The predicted molar refractivity (Wildman–Crippen MR) is 173 cm³/mol. The number of hydrogen-bond acceptors (Lipinski definition) is 10. The summed E-state index contributed by atoms with van der Waals surface area (Å²) in [4.78, 5) is 15.9. The van der Waals surface area contributed by atoms with E-state index in [1.165, 1.54) is 14.2 Å². The Hall–Kier alpha value is -3.67. The molecule has 11 heteroatoms. The highest BCUT2D eigenvalue weighted by molar-refractivity contribution is 9.10. The van der Waals surface area contributed by atoms with E-state index in [1.54, 1.807) is 19.2 Å². The zero-order chi connectivity index (χ0) is 32.0. The Morgan fingerprint density at radius 3 is 2.11 bits per heavy atom. The summed E-state index contributed by atoms with van der Waals surface area (Å²) < 4.78 is 29.9. The van der Waals surface area contributed by atoms with Crippen LogP contribution in [0.1, 0.15) is 49.8 Å². The second-order valence-electron chi connectivity index (χ2n) is 11.0. The summed E-state index contributed by atoms with van der Waals surface area (Å²) >= 11 is 3.59. The molecule has 4 rings (SSSR count). The highest BCUT2D eigenvalue weighted by atomic mass is 79.9. The first-order chi connectivity index (χ1) is 21.0. The molecule has 10 nitrogen and oxygen atoms in total. The monoisotopic (exact) mass is 668 g/mol. The molecule has 1 N–H and O–H groups in total. The lowest BCUT2D eigenvalue weighted by molar-refractivity contribution is 0.00317. The molecular formula is C33H41BrN4O6. The third-order valence-corrected chi connectivity index (χ3v) is 7.66. The van der Waals surface area contributed by atoms with E-state index in [4.69, 9.17) is 28.7 Å². The van der Waals surface area contributed by atoms with Crippen LogP contribution in [0.3, 0.4) is 0 Å². The molecule has 0 amide bonds. The second-order valence-corrected chi connectivity index (χ2v) is 11.9. The van der Waals surface area contributed by atoms with Gasteiger partial charge in [-0.1, -0.05) is 15.9 Å². The summed E-state index contributed by atoms with van der Waals surface area (Å²) in [6, 6.07) is 15.0. The third kappa shape index (κ3) is 7.51. The van der Waals surface area contributed by atoms with Gasteiger partial charge in [0.1, 0.15) is 5.60 Å². The Bertz CT molecular complexity index is 1560. The Balaban J connectivity index is 2.13. The standard InChI is InChI=1S/C33H41BrN4O6/c1-9-43-29-16-22(17-30(37-29)44-20(2)3)31(25-15-21-14-24(34)10-11-26(21)35-32(25)42-8)33(39,12-13-38(4)5)23-18-27(40-6)36-28(19-23)41-7/h10-11,14-20,31,39H,9,12-13H2,1-8H3/t31-,33-/m1/s1. The van der Waals surface area contributed by atoms with Crippen molar-refractivity contribution in [2.24, 2.45) is 0 Å². The second kappa shape index (κ2) is 14.4. The van der Waals surface area contributed by atoms with Gasteiger partial charge in [0.25, 0.3) is 0 Å². The average molecular weight is 670 g/mol. The van der Waals surface area contributed by atoms with Crippen molar-refractivity contribution in [3.8, 4) is 29.4 Å². The van der Waals surface area contributed by atoms with Crippen LogP contribution in [-0.2, 0) is 5.60 Å². The van der Waals surface area contributed by atoms with E-state index in [0.29, 0.717) is 65.7 Å². The number of aromatic nitrogens is 3. The molecule has 2 atom stereocenters. The molecule has 0 radical (unpaired) electrons. The maximum absolute atomic E-state index is 13.2. The first kappa shape index (κ1) is 33.2. The number of pyridine rings is 3. The van der Waals surface area contributed by atoms with E-state index in [0.717, 1.165) is 15.4 Å². The fraction of sp³-hybridized carbons (Fsp3) is 0.424. The van der Waals surface area contributed by atoms with Crippen LogP contribution in [0.25, 0.3) is 10.9 Å². The third-order valence-electron chi connectivity index (χ3n) is 7.17. The molecule has 44 heavy (non-hydrogen) atoms. The number of benzene rings is 1. The summed E-state index contributed by atoms with van der Waals surface area (Å²) in [6.07, 6.45) is 0.175. The molecule has 0 aliphatic carbocycles. The predicted octanol–water partition coefficient (Wildman–Crippen LogP) is 5.97. The van der Waals surface area contributed by atoms with Gasteiger partial charge in [0.15, 0.2) is 0 Å². The highest BCUT2D eigenvalue weighted by Crippen LogP contribution is 2.49. The van der Waals surface area contributed by atoms with Gasteiger partial charge in [0.2, 0.25) is 29.4 Å². The zero-order valence-corrected chi connectivity index (χ0v) is 28.1. The fourth-order valence-electron chi connectivity index (χ4n) is 5.21. The maximum Gasteiger partial charge on any atom is 0.217 e. The molecule has 4 aromatic rings. The van der Waals surface area contributed by atoms with Crippen LogP contribution in [0.2, 0.25) is 0 Å². The van der Waals surface area contributed by atoms with Crippen LogP contribution in [0.15, 0.2) is 53.0 Å². The zero-order valence-electron chi connectivity index (χ0n) is 26.6. The first-order valence-corrected chi connectivity index (χ1v) is 15.2. The minimum Gasteiger partial charge on any atom is -0.481 e. The van der Waals surface area contributed by atoms with Crippen molar-refractivity contribution in [2.75, 3.05) is 48.6 Å². The number of rotatable bonds is 14. The van der Waals surface area contributed by atoms with Crippen molar-refractivity contribution >= 4 is 26.8 Å². The van der Waals surface area contributed by atoms with E-state index in [2.05, 4.69) is 25.9 Å². The van der Waals surface area contributed by atoms with Crippen LogP contribution < -0.4 is 23.7 Å². The minimum atomic E-state index is -1.57. The number of aliphatic hydroxyl groups is 1. The van der Waals surface area contributed by atoms with Gasteiger partial charge in [0, 0.05) is 52.2 Å². The van der Waals surface area contributed by atoms with E-state index < -0.39 is 11.5 Å². The Kier molecular flexibility index (Phi) is 10.9. The van der Waals surface area contributed by atoms with E-state index >= 15 is 0 Å². The number of hydrogen-bond donors (Lipinski definition) is 1. The molecule has 0 aliphatic rings. The quantitative estimate of drug-likeness (QED) is 0.173. The van der Waals surface area contributed by atoms with Crippen molar-refractivity contribution in [3.05, 3.63) is 69.7 Å². The van der Waals surface area contributed by atoms with E-state index in [9.17, 15) is 5.11 Å². The molecule has 0 saturated carbocycles. The van der Waals surface area contributed by atoms with Crippen molar-refractivity contribution in [3.63, 3.8) is 0 Å². The van der Waals surface area contributed by atoms with Crippen LogP contribution in [0, 0.1) is 0 Å². The lowest BCUT2D eigenvalue weighted by atomic mass is 9.72. The summed E-state index contributed by atoms with van der Waals surface area (Å²) in [6.45, 7) is 6.72. The topological polar surface area (TPSA) is 108 Å². The number of halogens is 1. The first-order valence-electron chi connectivity index (χ1n) is 14.4. The number of nitrogens with zero attached hydrogens (tertiary/aromatic N) is 4. The van der Waals surface area contributed by atoms with Gasteiger partial charge in [-0.15, -0.1) is 0 Å². The normalized spacial score (nSPS) is 13.5. The lowest BCUT2D eigenvalue weighted by Crippen LogP contribution is -2.38. The molecule has 3 heterocycles. The molecule has 0 bridgehead atoms. The molecule has 3 aromatic heterocycles. The molecule has 236 valence electrons. The summed E-state index contributed by atoms with van der Waals surface area (Å²) in [5.41, 5.74) is 1.10. The fourth-order valence-corrected chi connectivity index (χ4v) is 5.59. The Morgan fingerprint density at radius 2 is 1.52 bits per heavy atom. The molecular weight excluding hydrogens is 628 g/mol. The van der Waals surface area contributed by atoms with Crippen molar-refractivity contribution in [2.45, 2.75) is 44.8 Å². The SMILES string of the molecule is CCOc1cc([C@H](c2cc3cc(Br)ccc3nc2OC)[C@@](O)(CCN(C)C)c2cc(OC)nc(OC)c2)cc(OC(C)C)n1. The largest absolute Gasteiger partial charge is 0.481 e. The highest BCUT2D eigenvalue weighted by Gasteiger charge is 2.44. The van der Waals surface area contributed by atoms with E-state index in [-0.39, 0.29) is 6.10 Å². The van der Waals surface area contributed by atoms with E-state index in [1.807, 2.05) is 76.2 Å². The van der Waals surface area contributed by atoms with Crippen molar-refractivity contribution < 1.29 is 28.8 Å². The molecule has 0 saturated heterocycles. The van der Waals surface area contributed by atoms with Gasteiger partial charge in [-0.05, 0) is 76.7 Å². The van der Waals surface area contributed by atoms with Gasteiger partial charge < -0.3 is 33.7 Å². The minimum absolute atomic E-state index is 0.138. The van der Waals surface area contributed by atoms with Crippen LogP contribution in [0.4, 0.5) is 0 Å². The van der Waals surface area contributed by atoms with Gasteiger partial charge in [0.05, 0.1) is 39.6 Å². The number of fused-ring (bicyclic) bond motifs is 1. The van der Waals surface area contributed by atoms with Crippen LogP contribution >= 0.6 is 15.9 Å². The summed E-state index contributed by atoms with van der Waals surface area (Å²) in [7, 11) is 8.57. The van der Waals surface area contributed by atoms with Crippen molar-refractivity contribution in [1.82, 2.24) is 19.9 Å². The lowest BCUT2D eigenvalue weighted by Gasteiger charge is -2.39. The Morgan fingerprint density at radius 1 is 0.864 bits per heavy atom. The molecule has 0 fully saturated rings. The van der Waals surface area contributed by atoms with Crippen LogP contribution in [0.5, 0.6) is 29.4 Å². The molecule has 0 aliphatic heterocycles. The summed E-state index contributed by atoms with van der Waals surface area (Å²) in [5.74, 6) is 0.996. The summed E-state index contributed by atoms with van der Waals surface area (Å²) in [5, 5.41) is 14.1. The van der Waals surface area contributed by atoms with Gasteiger partial charge in [-0.3, -0.25) is 0 Å². The van der Waals surface area contributed by atoms with Gasteiger partial charge in [-0.2, -0.15) is 9.97 Å². The molecule has 0 spiro atoms. The number of ether oxygens (including phenoxy) is 5. The number of methoxy groups -OCH3 is 3. The molecule has 1 aromatic carbocycles.